The molecule has 0 saturated heterocycles. The smallest absolute Gasteiger partial charge is 0.311 e. The minimum atomic E-state index is -0.445. The second-order valence-electron chi connectivity index (χ2n) is 3.85. The SMILES string of the molecule is CCSCC(C)Nc1ccc([N+](=O)[O-])c(OC)c1. The zero-order valence-electron chi connectivity index (χ0n) is 10.8. The van der Waals surface area contributed by atoms with E-state index in [0.717, 1.165) is 17.2 Å². The molecule has 1 unspecified atom stereocenters. The number of anilines is 1. The van der Waals surface area contributed by atoms with Gasteiger partial charge in [0, 0.05) is 29.6 Å². The molecule has 0 heterocycles. The van der Waals surface area contributed by atoms with Gasteiger partial charge in [0.05, 0.1) is 12.0 Å². The van der Waals surface area contributed by atoms with E-state index in [1.54, 1.807) is 12.1 Å². The summed E-state index contributed by atoms with van der Waals surface area (Å²) in [5.74, 6) is 2.35. The van der Waals surface area contributed by atoms with Crippen LogP contribution in [-0.2, 0) is 0 Å². The van der Waals surface area contributed by atoms with Gasteiger partial charge in [-0.05, 0) is 18.7 Å². The lowest BCUT2D eigenvalue weighted by Crippen LogP contribution is -2.18. The molecule has 1 aromatic rings. The molecule has 0 aliphatic heterocycles. The van der Waals surface area contributed by atoms with E-state index in [0.29, 0.717) is 6.04 Å². The molecule has 0 radical (unpaired) electrons. The molecule has 0 amide bonds. The monoisotopic (exact) mass is 270 g/mol. The minimum Gasteiger partial charge on any atom is -0.490 e. The van der Waals surface area contributed by atoms with Gasteiger partial charge in [-0.3, -0.25) is 10.1 Å². The third-order valence-corrected chi connectivity index (χ3v) is 3.51. The van der Waals surface area contributed by atoms with Crippen molar-refractivity contribution >= 4 is 23.1 Å². The highest BCUT2D eigenvalue weighted by Crippen LogP contribution is 2.29. The molecule has 100 valence electrons. The Bertz CT molecular complexity index is 412. The molecule has 1 atom stereocenters. The molecule has 18 heavy (non-hydrogen) atoms. The van der Waals surface area contributed by atoms with E-state index in [-0.39, 0.29) is 11.4 Å². The molecule has 6 heteroatoms. The molecular weight excluding hydrogens is 252 g/mol. The Hall–Kier alpha value is -1.43. The van der Waals surface area contributed by atoms with Crippen LogP contribution in [0, 0.1) is 10.1 Å². The van der Waals surface area contributed by atoms with Gasteiger partial charge in [-0.25, -0.2) is 0 Å². The Balaban J connectivity index is 2.76. The van der Waals surface area contributed by atoms with Crippen molar-refractivity contribution in [2.45, 2.75) is 19.9 Å². The predicted octanol–water partition coefficient (Wildman–Crippen LogP) is 3.16. The summed E-state index contributed by atoms with van der Waals surface area (Å²) in [5, 5.41) is 14.1. The van der Waals surface area contributed by atoms with Crippen LogP contribution in [0.15, 0.2) is 18.2 Å². The normalized spacial score (nSPS) is 11.9. The van der Waals surface area contributed by atoms with E-state index in [4.69, 9.17) is 4.74 Å². The van der Waals surface area contributed by atoms with Crippen LogP contribution < -0.4 is 10.1 Å². The van der Waals surface area contributed by atoms with E-state index in [9.17, 15) is 10.1 Å². The number of thioether (sulfide) groups is 1. The number of methoxy groups -OCH3 is 1. The number of rotatable bonds is 7. The molecule has 1 aromatic carbocycles. The van der Waals surface area contributed by atoms with E-state index in [1.807, 2.05) is 11.8 Å². The van der Waals surface area contributed by atoms with Crippen molar-refractivity contribution in [1.82, 2.24) is 0 Å². The van der Waals surface area contributed by atoms with Crippen LogP contribution in [0.5, 0.6) is 5.75 Å². The van der Waals surface area contributed by atoms with Crippen molar-refractivity contribution in [3.05, 3.63) is 28.3 Å². The molecule has 5 nitrogen and oxygen atoms in total. The molecule has 0 aliphatic rings. The molecule has 0 bridgehead atoms. The van der Waals surface area contributed by atoms with Crippen LogP contribution in [0.2, 0.25) is 0 Å². The number of benzene rings is 1. The number of nitrogens with one attached hydrogen (secondary N) is 1. The first-order chi connectivity index (χ1) is 8.58. The highest BCUT2D eigenvalue weighted by atomic mass is 32.2. The van der Waals surface area contributed by atoms with Gasteiger partial charge in [-0.15, -0.1) is 0 Å². The first-order valence-corrected chi connectivity index (χ1v) is 6.90. The standard InChI is InChI=1S/C12H18N2O3S/c1-4-18-8-9(2)13-10-5-6-11(14(15)16)12(7-10)17-3/h5-7,9,13H,4,8H2,1-3H3. The Labute approximate surface area is 111 Å². The fraction of sp³-hybridized carbons (Fsp3) is 0.500. The molecular formula is C12H18N2O3S. The average Bonchev–Trinajstić information content (AvgIpc) is 2.35. The fourth-order valence-electron chi connectivity index (χ4n) is 1.54. The molecule has 0 fully saturated rings. The number of hydrogen-bond donors (Lipinski definition) is 1. The minimum absolute atomic E-state index is 0.0152. The average molecular weight is 270 g/mol. The summed E-state index contributed by atoms with van der Waals surface area (Å²) in [6.07, 6.45) is 0. The van der Waals surface area contributed by atoms with E-state index >= 15 is 0 Å². The van der Waals surface area contributed by atoms with Crippen LogP contribution in [0.4, 0.5) is 11.4 Å². The molecule has 0 aromatic heterocycles. The summed E-state index contributed by atoms with van der Waals surface area (Å²) in [4.78, 5) is 10.3. The van der Waals surface area contributed by atoms with Gasteiger partial charge in [-0.2, -0.15) is 11.8 Å². The first-order valence-electron chi connectivity index (χ1n) is 5.75. The van der Waals surface area contributed by atoms with Crippen molar-refractivity contribution in [2.24, 2.45) is 0 Å². The second kappa shape index (κ2) is 7.10. The lowest BCUT2D eigenvalue weighted by atomic mass is 10.2. The van der Waals surface area contributed by atoms with Crippen molar-refractivity contribution in [3.8, 4) is 5.75 Å². The molecule has 0 saturated carbocycles. The van der Waals surface area contributed by atoms with E-state index in [1.165, 1.54) is 13.2 Å². The van der Waals surface area contributed by atoms with E-state index < -0.39 is 4.92 Å². The summed E-state index contributed by atoms with van der Waals surface area (Å²) in [6, 6.07) is 5.13. The maximum absolute atomic E-state index is 10.8. The predicted molar refractivity (Wildman–Crippen MR) is 75.7 cm³/mol. The highest BCUT2D eigenvalue weighted by molar-refractivity contribution is 7.99. The number of ether oxygens (including phenoxy) is 1. The summed E-state index contributed by atoms with van der Waals surface area (Å²) in [5.41, 5.74) is 0.820. The molecule has 0 spiro atoms. The van der Waals surface area contributed by atoms with Crippen molar-refractivity contribution in [1.29, 1.82) is 0 Å². The number of nitrogens with zero attached hydrogens (tertiary/aromatic N) is 1. The Morgan fingerprint density at radius 2 is 2.28 bits per heavy atom. The quantitative estimate of drug-likeness (QED) is 0.609. The van der Waals surface area contributed by atoms with Gasteiger partial charge in [0.25, 0.3) is 0 Å². The number of nitro groups is 1. The van der Waals surface area contributed by atoms with Gasteiger partial charge >= 0.3 is 5.69 Å². The van der Waals surface area contributed by atoms with Crippen LogP contribution >= 0.6 is 11.8 Å². The molecule has 1 N–H and O–H groups in total. The Morgan fingerprint density at radius 3 is 2.83 bits per heavy atom. The second-order valence-corrected chi connectivity index (χ2v) is 5.17. The lowest BCUT2D eigenvalue weighted by molar-refractivity contribution is -0.385. The van der Waals surface area contributed by atoms with Gasteiger partial charge in [0.1, 0.15) is 0 Å². The van der Waals surface area contributed by atoms with Crippen molar-refractivity contribution in [2.75, 3.05) is 23.9 Å². The fourth-order valence-corrected chi connectivity index (χ4v) is 2.21. The zero-order valence-corrected chi connectivity index (χ0v) is 11.6. The largest absolute Gasteiger partial charge is 0.490 e. The van der Waals surface area contributed by atoms with Crippen LogP contribution in [0.1, 0.15) is 13.8 Å². The van der Waals surface area contributed by atoms with Gasteiger partial charge in [0.2, 0.25) is 0 Å². The van der Waals surface area contributed by atoms with Crippen molar-refractivity contribution in [3.63, 3.8) is 0 Å². The lowest BCUT2D eigenvalue weighted by Gasteiger charge is -2.15. The summed E-state index contributed by atoms with van der Waals surface area (Å²) < 4.78 is 5.02. The van der Waals surface area contributed by atoms with Gasteiger partial charge in [0.15, 0.2) is 5.75 Å². The molecule has 1 rings (SSSR count). The maximum atomic E-state index is 10.8. The van der Waals surface area contributed by atoms with Gasteiger partial charge in [-0.1, -0.05) is 6.92 Å². The van der Waals surface area contributed by atoms with Crippen LogP contribution in [0.3, 0.4) is 0 Å². The Morgan fingerprint density at radius 1 is 1.56 bits per heavy atom. The zero-order chi connectivity index (χ0) is 13.5. The number of nitro benzene ring substituents is 1. The third kappa shape index (κ3) is 4.10. The topological polar surface area (TPSA) is 64.4 Å². The Kier molecular flexibility index (Phi) is 5.77. The summed E-state index contributed by atoms with van der Waals surface area (Å²) in [7, 11) is 1.43. The molecule has 0 aliphatic carbocycles. The maximum Gasteiger partial charge on any atom is 0.311 e. The summed E-state index contributed by atoms with van der Waals surface area (Å²) >= 11 is 1.85. The first kappa shape index (κ1) is 14.6. The highest BCUT2D eigenvalue weighted by Gasteiger charge is 2.15. The number of hydrogen-bond acceptors (Lipinski definition) is 5. The van der Waals surface area contributed by atoms with Crippen LogP contribution in [-0.4, -0.2) is 29.6 Å². The van der Waals surface area contributed by atoms with Crippen molar-refractivity contribution < 1.29 is 9.66 Å². The van der Waals surface area contributed by atoms with Crippen LogP contribution in [0.25, 0.3) is 0 Å². The van der Waals surface area contributed by atoms with Gasteiger partial charge < -0.3 is 10.1 Å². The van der Waals surface area contributed by atoms with E-state index in [2.05, 4.69) is 19.2 Å². The third-order valence-electron chi connectivity index (χ3n) is 2.36. The summed E-state index contributed by atoms with van der Waals surface area (Å²) in [6.45, 7) is 4.20.